The third-order valence-corrected chi connectivity index (χ3v) is 3.67. The van der Waals surface area contributed by atoms with Gasteiger partial charge in [0.2, 0.25) is 0 Å². The first-order valence-corrected chi connectivity index (χ1v) is 6.09. The summed E-state index contributed by atoms with van der Waals surface area (Å²) in [5, 5.41) is 0. The fraction of sp³-hybridized carbons (Fsp3) is 0. The number of hydrogen-bond donors (Lipinski definition) is 0. The predicted octanol–water partition coefficient (Wildman–Crippen LogP) is 0.552. The normalized spacial score (nSPS) is 10.8. The molecule has 16 heavy (non-hydrogen) atoms. The molecule has 3 aromatic rings. The second-order valence-corrected chi connectivity index (χ2v) is 4.64. The first kappa shape index (κ1) is 9.55. The van der Waals surface area contributed by atoms with E-state index in [-0.39, 0.29) is 0 Å². The van der Waals surface area contributed by atoms with Crippen molar-refractivity contribution < 1.29 is 0 Å². The molecule has 0 unspecified atom stereocenters. The summed E-state index contributed by atoms with van der Waals surface area (Å²) in [4.78, 5) is 16.9. The van der Waals surface area contributed by atoms with Crippen molar-refractivity contribution in [1.29, 1.82) is 0 Å². The molecule has 0 aromatic carbocycles. The minimum absolute atomic E-state index is 0.724. The molecule has 0 fully saturated rings. The van der Waals surface area contributed by atoms with Crippen molar-refractivity contribution in [3.8, 4) is 11.5 Å². The molecule has 0 aliphatic carbocycles. The third kappa shape index (κ3) is 1.43. The van der Waals surface area contributed by atoms with Gasteiger partial charge in [0.25, 0.3) is 0 Å². The van der Waals surface area contributed by atoms with Gasteiger partial charge in [0.1, 0.15) is 0 Å². The van der Waals surface area contributed by atoms with Crippen LogP contribution in [0.2, 0.25) is 0 Å². The Morgan fingerprint density at radius 1 is 1.19 bits per heavy atom. The van der Waals surface area contributed by atoms with Crippen LogP contribution in [0.15, 0.2) is 36.9 Å². The molecule has 0 N–H and O–H groups in total. The van der Waals surface area contributed by atoms with Crippen molar-refractivity contribution >= 4 is 30.0 Å². The predicted molar refractivity (Wildman–Crippen MR) is 61.1 cm³/mol. The Labute approximate surface area is 102 Å². The summed E-state index contributed by atoms with van der Waals surface area (Å²) in [7, 11) is 0. The molecule has 5 nitrogen and oxygen atoms in total. The van der Waals surface area contributed by atoms with E-state index in [0.29, 0.717) is 0 Å². The number of aromatic nitrogens is 5. The number of nitrogens with zero attached hydrogens (tertiary/aromatic N) is 5. The van der Waals surface area contributed by atoms with E-state index in [1.807, 2.05) is 18.2 Å². The van der Waals surface area contributed by atoms with Crippen LogP contribution in [0.5, 0.6) is 0 Å². The molecule has 0 saturated carbocycles. The van der Waals surface area contributed by atoms with Gasteiger partial charge in [-0.1, -0.05) is 0 Å². The summed E-state index contributed by atoms with van der Waals surface area (Å²) in [6.45, 7) is 0. The standard InChI is InChI=1S/C10H6N5.Ga.H/c1-2-4-12-7(3-1)10-14-8-5-11-6-13-9(8)15-10;;/h1-6H;;/q-1;+1;. The number of hydrogen-bond acceptors (Lipinski definition) is 4. The van der Waals surface area contributed by atoms with Crippen LogP contribution in [-0.4, -0.2) is 42.1 Å². The quantitative estimate of drug-likeness (QED) is 0.604. The van der Waals surface area contributed by atoms with Crippen LogP contribution in [0, 0.1) is 0 Å². The first-order valence-electron chi connectivity index (χ1n) is 4.77. The number of fused-ring (bicyclic) bond motifs is 1. The summed E-state index contributed by atoms with van der Waals surface area (Å²) < 4.78 is 2.07. The van der Waals surface area contributed by atoms with Crippen LogP contribution < -0.4 is 0 Å². The zero-order valence-electron chi connectivity index (χ0n) is 8.41. The van der Waals surface area contributed by atoms with Gasteiger partial charge < -0.3 is 0 Å². The van der Waals surface area contributed by atoms with Crippen LogP contribution in [0.1, 0.15) is 0 Å². The van der Waals surface area contributed by atoms with E-state index in [9.17, 15) is 0 Å². The van der Waals surface area contributed by atoms with Crippen LogP contribution in [0.4, 0.5) is 0 Å². The van der Waals surface area contributed by atoms with Gasteiger partial charge in [-0.25, -0.2) is 0 Å². The van der Waals surface area contributed by atoms with E-state index in [1.165, 1.54) is 6.33 Å². The Balaban J connectivity index is 2.29. The number of pyridine rings is 1. The van der Waals surface area contributed by atoms with Crippen molar-refractivity contribution in [3.05, 3.63) is 36.9 Å². The molecule has 0 atom stereocenters. The second kappa shape index (κ2) is 3.73. The molecular weight excluding hydrogens is 260 g/mol. The van der Waals surface area contributed by atoms with Crippen molar-refractivity contribution in [2.75, 3.05) is 0 Å². The van der Waals surface area contributed by atoms with Crippen LogP contribution in [0.3, 0.4) is 0 Å². The Hall–Kier alpha value is -1.66. The summed E-state index contributed by atoms with van der Waals surface area (Å²) in [6.07, 6.45) is 5.06. The molecule has 6 heteroatoms. The molecule has 75 valence electrons. The van der Waals surface area contributed by atoms with E-state index >= 15 is 0 Å². The molecule has 3 aromatic heterocycles. The number of rotatable bonds is 1. The Kier molecular flexibility index (Phi) is 2.23. The zero-order valence-corrected chi connectivity index (χ0v) is 11.4. The maximum atomic E-state index is 4.46. The van der Waals surface area contributed by atoms with Crippen LogP contribution >= 0.6 is 0 Å². The Morgan fingerprint density at radius 3 is 2.88 bits per heavy atom. The molecule has 0 spiro atoms. The topological polar surface area (TPSA) is 56.5 Å². The van der Waals surface area contributed by atoms with Crippen LogP contribution in [0.25, 0.3) is 22.7 Å². The van der Waals surface area contributed by atoms with Crippen molar-refractivity contribution in [3.63, 3.8) is 0 Å². The molecule has 0 aliphatic heterocycles. The monoisotopic (exact) mass is 266 g/mol. The summed E-state index contributed by atoms with van der Waals surface area (Å²) in [5.74, 6) is 0.858. The molecule has 3 heterocycles. The summed E-state index contributed by atoms with van der Waals surface area (Å²) >= 11 is 0.940. The molecule has 0 bridgehead atoms. The molecular formula is C10H7GaN5. The van der Waals surface area contributed by atoms with Crippen molar-refractivity contribution in [2.24, 2.45) is 0 Å². The third-order valence-electron chi connectivity index (χ3n) is 2.32. The van der Waals surface area contributed by atoms with Gasteiger partial charge in [-0.05, 0) is 0 Å². The summed E-state index contributed by atoms with van der Waals surface area (Å²) in [5.41, 5.74) is 2.55. The van der Waals surface area contributed by atoms with E-state index in [4.69, 9.17) is 0 Å². The van der Waals surface area contributed by atoms with Gasteiger partial charge >= 0.3 is 102 Å². The molecule has 1 radical (unpaired) electrons. The fourth-order valence-electron chi connectivity index (χ4n) is 1.56. The molecule has 3 rings (SSSR count). The average molecular weight is 267 g/mol. The Morgan fingerprint density at radius 2 is 2.12 bits per heavy atom. The molecule has 0 saturated heterocycles. The van der Waals surface area contributed by atoms with E-state index in [1.54, 1.807) is 12.4 Å². The average Bonchev–Trinajstić information content (AvgIpc) is 2.69. The van der Waals surface area contributed by atoms with Crippen molar-refractivity contribution in [2.45, 2.75) is 0 Å². The van der Waals surface area contributed by atoms with E-state index in [2.05, 4.69) is 23.2 Å². The zero-order chi connectivity index (χ0) is 11.0. The van der Waals surface area contributed by atoms with Gasteiger partial charge in [0.15, 0.2) is 0 Å². The molecule has 0 amide bonds. The van der Waals surface area contributed by atoms with E-state index < -0.39 is 0 Å². The number of imidazole rings is 1. The second-order valence-electron chi connectivity index (χ2n) is 3.31. The maximum absolute atomic E-state index is 4.46. The SMILES string of the molecule is [GaH][n]1c(-c2ccccn2)nc2ncncc21. The fourth-order valence-corrected chi connectivity index (χ4v) is 2.51. The summed E-state index contributed by atoms with van der Waals surface area (Å²) in [6, 6.07) is 5.79. The first-order chi connectivity index (χ1) is 7.86. The van der Waals surface area contributed by atoms with Gasteiger partial charge in [-0.3, -0.25) is 0 Å². The van der Waals surface area contributed by atoms with Gasteiger partial charge in [-0.15, -0.1) is 0 Å². The Bertz CT molecular complexity index is 634. The van der Waals surface area contributed by atoms with Crippen molar-refractivity contribution in [1.82, 2.24) is 23.2 Å². The van der Waals surface area contributed by atoms with Crippen LogP contribution in [-0.2, 0) is 0 Å². The minimum atomic E-state index is 0.724. The van der Waals surface area contributed by atoms with Gasteiger partial charge in [0, 0.05) is 0 Å². The molecule has 0 aliphatic rings. The van der Waals surface area contributed by atoms with Gasteiger partial charge in [-0.2, -0.15) is 0 Å². The van der Waals surface area contributed by atoms with E-state index in [0.717, 1.165) is 41.5 Å². The van der Waals surface area contributed by atoms with Gasteiger partial charge in [0.05, 0.1) is 0 Å².